The Balaban J connectivity index is 1.74. The zero-order valence-corrected chi connectivity index (χ0v) is 17.1. The standard InChI is InChI=1S/C22H28N4O3/c1-3-4-12-25(2)22(28)19-10-7-9-18(23-19)21(27)24-17-8-5-6-11-20(17)26-13-15-29-16-14-26/h5-11H,3-4,12-16H2,1-2H3,(H,24,27). The number of anilines is 2. The van der Waals surface area contributed by atoms with Crippen LogP contribution in [0.15, 0.2) is 42.5 Å². The number of hydrogen-bond acceptors (Lipinski definition) is 5. The fourth-order valence-electron chi connectivity index (χ4n) is 3.22. The number of carbonyl (C=O) groups is 2. The maximum Gasteiger partial charge on any atom is 0.274 e. The van der Waals surface area contributed by atoms with Gasteiger partial charge in [-0.1, -0.05) is 31.5 Å². The van der Waals surface area contributed by atoms with Crippen LogP contribution in [0.5, 0.6) is 0 Å². The van der Waals surface area contributed by atoms with Crippen molar-refractivity contribution in [1.29, 1.82) is 0 Å². The molecule has 0 aliphatic carbocycles. The molecule has 7 heteroatoms. The predicted molar refractivity (Wildman–Crippen MR) is 114 cm³/mol. The number of amides is 2. The van der Waals surface area contributed by atoms with Crippen LogP contribution in [0.4, 0.5) is 11.4 Å². The molecule has 0 saturated carbocycles. The fraction of sp³-hybridized carbons (Fsp3) is 0.409. The van der Waals surface area contributed by atoms with Gasteiger partial charge in [-0.15, -0.1) is 0 Å². The summed E-state index contributed by atoms with van der Waals surface area (Å²) in [5, 5.41) is 2.94. The summed E-state index contributed by atoms with van der Waals surface area (Å²) in [4.78, 5) is 33.5. The van der Waals surface area contributed by atoms with Gasteiger partial charge in [0.1, 0.15) is 11.4 Å². The van der Waals surface area contributed by atoms with Gasteiger partial charge in [0, 0.05) is 26.7 Å². The fourth-order valence-corrected chi connectivity index (χ4v) is 3.22. The molecular formula is C22H28N4O3. The molecule has 0 bridgehead atoms. The number of hydrogen-bond donors (Lipinski definition) is 1. The second-order valence-corrected chi connectivity index (χ2v) is 7.06. The van der Waals surface area contributed by atoms with Crippen molar-refractivity contribution in [3.8, 4) is 0 Å². The molecule has 0 spiro atoms. The van der Waals surface area contributed by atoms with E-state index < -0.39 is 0 Å². The van der Waals surface area contributed by atoms with E-state index in [0.29, 0.717) is 19.8 Å². The van der Waals surface area contributed by atoms with Crippen molar-refractivity contribution in [2.75, 3.05) is 50.1 Å². The van der Waals surface area contributed by atoms with Gasteiger partial charge in [0.25, 0.3) is 11.8 Å². The quantitative estimate of drug-likeness (QED) is 0.779. The molecule has 7 nitrogen and oxygen atoms in total. The molecule has 2 heterocycles. The molecule has 1 N–H and O–H groups in total. The van der Waals surface area contributed by atoms with Gasteiger partial charge in [-0.05, 0) is 30.7 Å². The van der Waals surface area contributed by atoms with Crippen LogP contribution in [0.2, 0.25) is 0 Å². The smallest absolute Gasteiger partial charge is 0.274 e. The zero-order valence-electron chi connectivity index (χ0n) is 17.1. The van der Waals surface area contributed by atoms with Gasteiger partial charge in [-0.25, -0.2) is 4.98 Å². The number of carbonyl (C=O) groups excluding carboxylic acids is 2. The van der Waals surface area contributed by atoms with Crippen molar-refractivity contribution in [1.82, 2.24) is 9.88 Å². The number of unbranched alkanes of at least 4 members (excludes halogenated alkanes) is 1. The number of para-hydroxylation sites is 2. The van der Waals surface area contributed by atoms with Crippen molar-refractivity contribution in [3.63, 3.8) is 0 Å². The lowest BCUT2D eigenvalue weighted by Crippen LogP contribution is -2.36. The first kappa shape index (κ1) is 20.8. The molecule has 1 aliphatic heterocycles. The number of ether oxygens (including phenoxy) is 1. The molecule has 1 aromatic heterocycles. The Labute approximate surface area is 171 Å². The lowest BCUT2D eigenvalue weighted by Gasteiger charge is -2.30. The summed E-state index contributed by atoms with van der Waals surface area (Å²) in [5.74, 6) is -0.515. The predicted octanol–water partition coefficient (Wildman–Crippen LogP) is 3.04. The Morgan fingerprint density at radius 3 is 2.59 bits per heavy atom. The molecule has 1 aliphatic rings. The minimum Gasteiger partial charge on any atom is -0.378 e. The van der Waals surface area contributed by atoms with Crippen LogP contribution in [0.1, 0.15) is 40.7 Å². The van der Waals surface area contributed by atoms with Gasteiger partial charge in [-0.2, -0.15) is 0 Å². The van der Waals surface area contributed by atoms with E-state index in [1.54, 1.807) is 30.1 Å². The molecule has 29 heavy (non-hydrogen) atoms. The van der Waals surface area contributed by atoms with Crippen molar-refractivity contribution >= 4 is 23.2 Å². The highest BCUT2D eigenvalue weighted by Crippen LogP contribution is 2.26. The van der Waals surface area contributed by atoms with Gasteiger partial charge in [-0.3, -0.25) is 9.59 Å². The monoisotopic (exact) mass is 396 g/mol. The van der Waals surface area contributed by atoms with Crippen molar-refractivity contribution in [2.24, 2.45) is 0 Å². The number of nitrogens with one attached hydrogen (secondary N) is 1. The Morgan fingerprint density at radius 1 is 1.10 bits per heavy atom. The van der Waals surface area contributed by atoms with Gasteiger partial charge in [0.05, 0.1) is 24.6 Å². The summed E-state index contributed by atoms with van der Waals surface area (Å²) in [6.07, 6.45) is 1.94. The molecule has 0 unspecified atom stereocenters. The van der Waals surface area contributed by atoms with E-state index in [1.807, 2.05) is 24.3 Å². The SMILES string of the molecule is CCCCN(C)C(=O)c1cccc(C(=O)Nc2ccccc2N2CCOCC2)n1. The van der Waals surface area contributed by atoms with Gasteiger partial charge in [0.15, 0.2) is 0 Å². The average Bonchev–Trinajstić information content (AvgIpc) is 2.78. The minimum absolute atomic E-state index is 0.179. The summed E-state index contributed by atoms with van der Waals surface area (Å²) < 4.78 is 5.42. The molecule has 0 atom stereocenters. The summed E-state index contributed by atoms with van der Waals surface area (Å²) in [5.41, 5.74) is 2.17. The topological polar surface area (TPSA) is 74.8 Å². The maximum atomic E-state index is 12.8. The second-order valence-electron chi connectivity index (χ2n) is 7.06. The highest BCUT2D eigenvalue weighted by atomic mass is 16.5. The van der Waals surface area contributed by atoms with E-state index in [1.165, 1.54) is 0 Å². The summed E-state index contributed by atoms with van der Waals surface area (Å²) in [7, 11) is 1.75. The Kier molecular flexibility index (Phi) is 7.19. The normalized spacial score (nSPS) is 13.8. The van der Waals surface area contributed by atoms with Crippen LogP contribution in [0.25, 0.3) is 0 Å². The van der Waals surface area contributed by atoms with Crippen LogP contribution in [0.3, 0.4) is 0 Å². The largest absolute Gasteiger partial charge is 0.378 e. The van der Waals surface area contributed by atoms with Crippen LogP contribution >= 0.6 is 0 Å². The van der Waals surface area contributed by atoms with Crippen LogP contribution in [-0.4, -0.2) is 61.6 Å². The molecule has 0 radical (unpaired) electrons. The highest BCUT2D eigenvalue weighted by molar-refractivity contribution is 6.05. The maximum absolute atomic E-state index is 12.8. The Morgan fingerprint density at radius 2 is 1.83 bits per heavy atom. The van der Waals surface area contributed by atoms with Crippen LogP contribution in [0, 0.1) is 0 Å². The van der Waals surface area contributed by atoms with Crippen molar-refractivity contribution in [2.45, 2.75) is 19.8 Å². The third kappa shape index (κ3) is 5.32. The molecule has 2 aromatic rings. The van der Waals surface area contributed by atoms with E-state index in [0.717, 1.165) is 37.3 Å². The van der Waals surface area contributed by atoms with E-state index in [2.05, 4.69) is 22.1 Å². The summed E-state index contributed by atoms with van der Waals surface area (Å²) in [6, 6.07) is 12.6. The molecular weight excluding hydrogens is 368 g/mol. The van der Waals surface area contributed by atoms with Crippen molar-refractivity contribution < 1.29 is 14.3 Å². The first-order chi connectivity index (χ1) is 14.1. The number of benzene rings is 1. The molecule has 2 amide bonds. The lowest BCUT2D eigenvalue weighted by molar-refractivity contribution is 0.0787. The lowest BCUT2D eigenvalue weighted by atomic mass is 10.2. The molecule has 1 saturated heterocycles. The molecule has 1 aromatic carbocycles. The van der Waals surface area contributed by atoms with Crippen molar-refractivity contribution in [3.05, 3.63) is 53.9 Å². The van der Waals surface area contributed by atoms with Gasteiger partial charge in [0.2, 0.25) is 0 Å². The Hall–Kier alpha value is -2.93. The first-order valence-electron chi connectivity index (χ1n) is 10.1. The third-order valence-electron chi connectivity index (χ3n) is 4.90. The number of rotatable bonds is 7. The van der Waals surface area contributed by atoms with E-state index in [9.17, 15) is 9.59 Å². The molecule has 1 fully saturated rings. The number of pyridine rings is 1. The van der Waals surface area contributed by atoms with Gasteiger partial charge < -0.3 is 19.9 Å². The zero-order chi connectivity index (χ0) is 20.6. The van der Waals surface area contributed by atoms with E-state index in [-0.39, 0.29) is 23.2 Å². The second kappa shape index (κ2) is 10.0. The van der Waals surface area contributed by atoms with Crippen LogP contribution in [-0.2, 0) is 4.74 Å². The number of aromatic nitrogens is 1. The molecule has 154 valence electrons. The average molecular weight is 396 g/mol. The Bertz CT molecular complexity index is 849. The molecule has 3 rings (SSSR count). The first-order valence-corrected chi connectivity index (χ1v) is 10.1. The van der Waals surface area contributed by atoms with E-state index in [4.69, 9.17) is 4.74 Å². The highest BCUT2D eigenvalue weighted by Gasteiger charge is 2.18. The third-order valence-corrected chi connectivity index (χ3v) is 4.90. The van der Waals surface area contributed by atoms with Crippen LogP contribution < -0.4 is 10.2 Å². The number of morpholine rings is 1. The summed E-state index contributed by atoms with van der Waals surface area (Å²) >= 11 is 0. The number of nitrogens with zero attached hydrogens (tertiary/aromatic N) is 3. The van der Waals surface area contributed by atoms with E-state index >= 15 is 0 Å². The van der Waals surface area contributed by atoms with Gasteiger partial charge >= 0.3 is 0 Å². The minimum atomic E-state index is -0.337. The summed E-state index contributed by atoms with van der Waals surface area (Å²) in [6.45, 7) is 5.63.